The normalized spacial score (nSPS) is 34.9. The van der Waals surface area contributed by atoms with E-state index >= 15 is 0 Å². The maximum absolute atomic E-state index is 13.3. The molecule has 0 bridgehead atoms. The molecule has 1 fully saturated rings. The Hall–Kier alpha value is -2.95. The number of nitrogens with two attached hydrogens (primary N) is 2. The van der Waals surface area contributed by atoms with Crippen molar-refractivity contribution in [2.24, 2.45) is 23.5 Å². The predicted octanol–water partition coefficient (Wildman–Crippen LogP) is -1.13. The number of aliphatic hydroxyl groups excluding tert-OH is 2. The maximum atomic E-state index is 13.3. The van der Waals surface area contributed by atoms with Crippen molar-refractivity contribution in [2.45, 2.75) is 30.6 Å². The summed E-state index contributed by atoms with van der Waals surface area (Å²) in [5.41, 5.74) is 8.31. The highest BCUT2D eigenvalue weighted by atomic mass is 16.4. The van der Waals surface area contributed by atoms with Gasteiger partial charge in [0, 0.05) is 5.92 Å². The first-order valence-electron chi connectivity index (χ1n) is 9.92. The first kappa shape index (κ1) is 21.3. The number of rotatable bonds is 2. The number of nitrogens with zero attached hydrogens (tertiary/aromatic N) is 1. The van der Waals surface area contributed by atoms with Crippen molar-refractivity contribution in [1.29, 1.82) is 0 Å². The van der Waals surface area contributed by atoms with Gasteiger partial charge >= 0.3 is 0 Å². The summed E-state index contributed by atoms with van der Waals surface area (Å²) in [5, 5.41) is 43.8. The molecular weight excluding hydrogens is 406 g/mol. The summed E-state index contributed by atoms with van der Waals surface area (Å²) in [6.07, 6.45) is -1.44. The van der Waals surface area contributed by atoms with Crippen molar-refractivity contribution in [3.8, 4) is 5.75 Å². The zero-order valence-corrected chi connectivity index (χ0v) is 17.1. The van der Waals surface area contributed by atoms with Crippen LogP contribution in [0.2, 0.25) is 0 Å². The van der Waals surface area contributed by atoms with E-state index in [4.69, 9.17) is 11.5 Å². The molecule has 0 spiro atoms. The number of Topliss-reactive ketones (excluding diaryl/α,β-unsaturated/α-hetero) is 2. The number of likely N-dealkylation sites (N-methyl/N-ethyl adjacent to an activating group) is 1. The summed E-state index contributed by atoms with van der Waals surface area (Å²) in [6, 6.07) is 2.07. The SMILES string of the molecule is CN(C)[C@@H]1C(=O)C(C(N)=O)=C(O)[C@@]2(O)C(O)C3C(=O)c4c(ccc(N)c4O)C[C@H]3C[C@@H]12. The first-order valence-corrected chi connectivity index (χ1v) is 9.92. The molecule has 31 heavy (non-hydrogen) atoms. The molecule has 0 radical (unpaired) electrons. The van der Waals surface area contributed by atoms with Gasteiger partial charge in [0.25, 0.3) is 5.91 Å². The Labute approximate surface area is 177 Å². The Bertz CT molecular complexity index is 1050. The minimum absolute atomic E-state index is 0.00197. The highest BCUT2D eigenvalue weighted by molar-refractivity contribution is 6.22. The van der Waals surface area contributed by atoms with E-state index in [1.807, 2.05) is 0 Å². The molecule has 166 valence electrons. The van der Waals surface area contributed by atoms with E-state index < -0.39 is 70.1 Å². The van der Waals surface area contributed by atoms with Crippen LogP contribution in [0.1, 0.15) is 22.3 Å². The van der Waals surface area contributed by atoms with Crippen LogP contribution in [-0.2, 0) is 16.0 Å². The van der Waals surface area contributed by atoms with Gasteiger partial charge in [-0.15, -0.1) is 0 Å². The zero-order valence-electron chi connectivity index (χ0n) is 17.1. The van der Waals surface area contributed by atoms with Crippen molar-refractivity contribution in [3.63, 3.8) is 0 Å². The predicted molar refractivity (Wildman–Crippen MR) is 108 cm³/mol. The molecule has 2 unspecified atom stereocenters. The average molecular weight is 431 g/mol. The largest absolute Gasteiger partial charge is 0.508 e. The molecule has 0 heterocycles. The fraction of sp³-hybridized carbons (Fsp3) is 0.476. The van der Waals surface area contributed by atoms with Gasteiger partial charge in [0.1, 0.15) is 23.2 Å². The van der Waals surface area contributed by atoms with Gasteiger partial charge in [-0.2, -0.15) is 0 Å². The number of fused-ring (bicyclic) bond motifs is 3. The van der Waals surface area contributed by atoms with Crippen molar-refractivity contribution in [2.75, 3.05) is 19.8 Å². The third-order valence-corrected chi connectivity index (χ3v) is 7.06. The second kappa shape index (κ2) is 6.78. The number of aliphatic hydroxyl groups is 3. The van der Waals surface area contributed by atoms with Crippen LogP contribution in [0.4, 0.5) is 5.69 Å². The number of phenolic OH excluding ortho intramolecular Hbond substituents is 1. The summed E-state index contributed by atoms with van der Waals surface area (Å²) in [5.74, 6) is -6.67. The quantitative estimate of drug-likeness (QED) is 0.191. The number of aromatic hydroxyl groups is 1. The Morgan fingerprint density at radius 2 is 1.84 bits per heavy atom. The van der Waals surface area contributed by atoms with Crippen LogP contribution >= 0.6 is 0 Å². The number of nitrogen functional groups attached to an aromatic ring is 1. The highest BCUT2D eigenvalue weighted by Gasteiger charge is 2.65. The number of ketones is 2. The van der Waals surface area contributed by atoms with E-state index in [0.29, 0.717) is 12.0 Å². The minimum atomic E-state index is -2.45. The Morgan fingerprint density at radius 1 is 1.19 bits per heavy atom. The Balaban J connectivity index is 1.91. The van der Waals surface area contributed by atoms with Gasteiger partial charge in [-0.3, -0.25) is 19.3 Å². The van der Waals surface area contributed by atoms with E-state index in [0.717, 1.165) is 0 Å². The number of hydrogen-bond acceptors (Lipinski definition) is 9. The summed E-state index contributed by atoms with van der Waals surface area (Å²) in [6.45, 7) is 0. The van der Waals surface area contributed by atoms with E-state index in [1.54, 1.807) is 20.2 Å². The molecule has 3 aliphatic rings. The van der Waals surface area contributed by atoms with Crippen LogP contribution in [-0.4, -0.2) is 74.6 Å². The van der Waals surface area contributed by atoms with Gasteiger partial charge in [-0.25, -0.2) is 0 Å². The molecule has 6 atom stereocenters. The number of phenols is 1. The molecule has 0 aliphatic heterocycles. The Kier molecular flexibility index (Phi) is 4.65. The number of benzene rings is 1. The molecule has 4 rings (SSSR count). The van der Waals surface area contributed by atoms with Crippen LogP contribution in [0.15, 0.2) is 23.5 Å². The van der Waals surface area contributed by atoms with Gasteiger partial charge < -0.3 is 31.9 Å². The van der Waals surface area contributed by atoms with Gasteiger partial charge in [-0.1, -0.05) is 6.07 Å². The van der Waals surface area contributed by atoms with Crippen LogP contribution in [0.5, 0.6) is 5.75 Å². The molecule has 10 heteroatoms. The molecule has 0 saturated heterocycles. The third kappa shape index (κ3) is 2.65. The molecule has 0 aromatic heterocycles. The van der Waals surface area contributed by atoms with Gasteiger partial charge in [-0.05, 0) is 44.5 Å². The number of amides is 1. The number of hydrogen-bond donors (Lipinski definition) is 6. The van der Waals surface area contributed by atoms with Crippen molar-refractivity contribution >= 4 is 23.2 Å². The lowest BCUT2D eigenvalue weighted by Crippen LogP contribution is -2.69. The molecule has 1 aromatic rings. The summed E-state index contributed by atoms with van der Waals surface area (Å²) >= 11 is 0. The van der Waals surface area contributed by atoms with E-state index in [1.165, 1.54) is 11.0 Å². The van der Waals surface area contributed by atoms with E-state index in [-0.39, 0.29) is 17.7 Å². The molecular formula is C21H25N3O7. The lowest BCUT2D eigenvalue weighted by molar-refractivity contribution is -0.183. The molecule has 8 N–H and O–H groups in total. The fourth-order valence-corrected chi connectivity index (χ4v) is 5.68. The highest BCUT2D eigenvalue weighted by Crippen LogP contribution is 2.53. The van der Waals surface area contributed by atoms with Gasteiger partial charge in [0.05, 0.1) is 23.2 Å². The molecule has 3 aliphatic carbocycles. The summed E-state index contributed by atoms with van der Waals surface area (Å²) < 4.78 is 0. The van der Waals surface area contributed by atoms with Crippen LogP contribution in [0, 0.1) is 17.8 Å². The first-order chi connectivity index (χ1) is 14.4. The van der Waals surface area contributed by atoms with E-state index in [9.17, 15) is 34.8 Å². The summed E-state index contributed by atoms with van der Waals surface area (Å²) in [7, 11) is 3.15. The second-order valence-corrected chi connectivity index (χ2v) is 8.86. The number of primary amides is 1. The van der Waals surface area contributed by atoms with Crippen LogP contribution in [0.25, 0.3) is 0 Å². The number of anilines is 1. The number of carbonyl (C=O) groups is 3. The van der Waals surface area contributed by atoms with E-state index in [2.05, 4.69) is 0 Å². The van der Waals surface area contributed by atoms with Gasteiger partial charge in [0.15, 0.2) is 17.2 Å². The molecule has 1 amide bonds. The maximum Gasteiger partial charge on any atom is 0.255 e. The molecule has 1 aromatic carbocycles. The van der Waals surface area contributed by atoms with Crippen LogP contribution < -0.4 is 11.5 Å². The van der Waals surface area contributed by atoms with Crippen molar-refractivity contribution in [1.82, 2.24) is 4.90 Å². The smallest absolute Gasteiger partial charge is 0.255 e. The van der Waals surface area contributed by atoms with Crippen molar-refractivity contribution in [3.05, 3.63) is 34.6 Å². The Morgan fingerprint density at radius 3 is 2.42 bits per heavy atom. The zero-order chi connectivity index (χ0) is 23.0. The molecule has 1 saturated carbocycles. The van der Waals surface area contributed by atoms with Crippen molar-refractivity contribution < 1.29 is 34.8 Å². The average Bonchev–Trinajstić information content (AvgIpc) is 2.67. The standard InChI is InChI=1S/C21H25N3O7/c1-24(2)14-9-6-8-5-7-3-4-10(22)15(25)11(7)16(26)12(8)18(28)21(9,31)19(29)13(17(14)27)20(23)30/h3-4,8-9,12,14,18,25,28-29,31H,5-6,22H2,1-2H3,(H2,23,30)/t8-,9-,12?,14-,18?,21-/m0/s1. The summed E-state index contributed by atoms with van der Waals surface area (Å²) in [4.78, 5) is 39.7. The minimum Gasteiger partial charge on any atom is -0.508 e. The van der Waals surface area contributed by atoms with Gasteiger partial charge in [0.2, 0.25) is 0 Å². The fourth-order valence-electron chi connectivity index (χ4n) is 5.68. The molecule has 10 nitrogen and oxygen atoms in total. The van der Waals surface area contributed by atoms with Crippen LogP contribution in [0.3, 0.4) is 0 Å². The third-order valence-electron chi connectivity index (χ3n) is 7.06. The lowest BCUT2D eigenvalue weighted by Gasteiger charge is -2.55. The number of carbonyl (C=O) groups excluding carboxylic acids is 3. The second-order valence-electron chi connectivity index (χ2n) is 8.86. The topological polar surface area (TPSA) is 187 Å². The monoisotopic (exact) mass is 431 g/mol. The lowest BCUT2D eigenvalue weighted by atomic mass is 9.54.